The second kappa shape index (κ2) is 6.74. The molecule has 2 aromatic heterocycles. The Morgan fingerprint density at radius 3 is 2.95 bits per heavy atom. The number of anilines is 2. The normalized spacial score (nSPS) is 10.8. The predicted molar refractivity (Wildman–Crippen MR) is 77.5 cm³/mol. The summed E-state index contributed by atoms with van der Waals surface area (Å²) in [4.78, 5) is 4.36. The number of rotatable bonds is 7. The van der Waals surface area contributed by atoms with Gasteiger partial charge >= 0.3 is 0 Å². The molecule has 108 valence electrons. The third-order valence-corrected chi connectivity index (χ3v) is 2.56. The van der Waals surface area contributed by atoms with E-state index in [1.54, 1.807) is 16.9 Å². The minimum atomic E-state index is 0.431. The lowest BCUT2D eigenvalue weighted by Crippen LogP contribution is -2.13. The molecule has 0 saturated carbocycles. The van der Waals surface area contributed by atoms with Crippen LogP contribution in [0, 0.1) is 5.92 Å². The van der Waals surface area contributed by atoms with Gasteiger partial charge in [-0.25, -0.2) is 0 Å². The summed E-state index contributed by atoms with van der Waals surface area (Å²) in [5, 5.41) is 10.8. The average molecular weight is 276 g/mol. The Hall–Kier alpha value is -2.31. The molecule has 0 aromatic carbocycles. The van der Waals surface area contributed by atoms with Crippen LogP contribution in [-0.4, -0.2) is 33.1 Å². The molecule has 0 spiro atoms. The van der Waals surface area contributed by atoms with Crippen LogP contribution in [0.2, 0.25) is 0 Å². The maximum absolute atomic E-state index is 5.84. The zero-order chi connectivity index (χ0) is 14.4. The summed E-state index contributed by atoms with van der Waals surface area (Å²) < 4.78 is 7.34. The average Bonchev–Trinajstić information content (AvgIpc) is 2.92. The van der Waals surface area contributed by atoms with Gasteiger partial charge in [-0.05, 0) is 18.1 Å². The molecule has 0 saturated heterocycles. The Bertz CT molecular complexity index is 526. The molecule has 0 amide bonds. The zero-order valence-corrected chi connectivity index (χ0v) is 11.8. The monoisotopic (exact) mass is 276 g/mol. The van der Waals surface area contributed by atoms with Gasteiger partial charge in [-0.1, -0.05) is 19.1 Å². The smallest absolute Gasteiger partial charge is 0.239 e. The van der Waals surface area contributed by atoms with Gasteiger partial charge in [0.2, 0.25) is 5.88 Å². The number of nitrogens with zero attached hydrogens (tertiary/aromatic N) is 4. The van der Waals surface area contributed by atoms with Gasteiger partial charge in [0.1, 0.15) is 5.82 Å². The molecule has 2 rings (SSSR count). The molecule has 2 heterocycles. The van der Waals surface area contributed by atoms with Crippen LogP contribution < -0.4 is 15.8 Å². The third kappa shape index (κ3) is 4.11. The summed E-state index contributed by atoms with van der Waals surface area (Å²) in [5.74, 6) is 1.64. The fourth-order valence-electron chi connectivity index (χ4n) is 1.56. The quantitative estimate of drug-likeness (QED) is 0.794. The topological polar surface area (TPSA) is 90.9 Å². The minimum absolute atomic E-state index is 0.431. The van der Waals surface area contributed by atoms with E-state index in [2.05, 4.69) is 34.5 Å². The van der Waals surface area contributed by atoms with Crippen molar-refractivity contribution in [2.24, 2.45) is 5.92 Å². The van der Waals surface area contributed by atoms with E-state index in [-0.39, 0.29) is 0 Å². The number of ether oxygens (including phenoxy) is 1. The Kier molecular flexibility index (Phi) is 4.75. The molecule has 0 aliphatic heterocycles. The van der Waals surface area contributed by atoms with Crippen molar-refractivity contribution in [1.29, 1.82) is 0 Å². The number of hydrogen-bond acceptors (Lipinski definition) is 6. The van der Waals surface area contributed by atoms with Crippen molar-refractivity contribution in [2.75, 3.05) is 24.2 Å². The largest absolute Gasteiger partial charge is 0.476 e. The molecule has 7 nitrogen and oxygen atoms in total. The molecule has 0 bridgehead atoms. The molecule has 2 aromatic rings. The van der Waals surface area contributed by atoms with Crippen LogP contribution in [-0.2, 0) is 6.54 Å². The van der Waals surface area contributed by atoms with Crippen LogP contribution in [0.3, 0.4) is 0 Å². The van der Waals surface area contributed by atoms with Crippen molar-refractivity contribution in [1.82, 2.24) is 20.0 Å². The maximum atomic E-state index is 5.84. The molecule has 0 unspecified atom stereocenters. The highest BCUT2D eigenvalue weighted by Crippen LogP contribution is 2.21. The first-order chi connectivity index (χ1) is 9.65. The van der Waals surface area contributed by atoms with Gasteiger partial charge in [-0.2, -0.15) is 4.98 Å². The van der Waals surface area contributed by atoms with Crippen LogP contribution in [0.5, 0.6) is 5.88 Å². The van der Waals surface area contributed by atoms with Crippen molar-refractivity contribution in [2.45, 2.75) is 20.4 Å². The molecule has 20 heavy (non-hydrogen) atoms. The Labute approximate surface area is 118 Å². The summed E-state index contributed by atoms with van der Waals surface area (Å²) in [6, 6.07) is 3.62. The fraction of sp³-hybridized carbons (Fsp3) is 0.462. The van der Waals surface area contributed by atoms with E-state index >= 15 is 0 Å². The van der Waals surface area contributed by atoms with Crippen molar-refractivity contribution >= 4 is 11.5 Å². The van der Waals surface area contributed by atoms with Gasteiger partial charge in [0.05, 0.1) is 25.0 Å². The second-order valence-electron chi connectivity index (χ2n) is 4.89. The van der Waals surface area contributed by atoms with E-state index in [1.165, 1.54) is 0 Å². The third-order valence-electron chi connectivity index (χ3n) is 2.56. The fourth-order valence-corrected chi connectivity index (χ4v) is 1.56. The van der Waals surface area contributed by atoms with Crippen LogP contribution >= 0.6 is 0 Å². The lowest BCUT2D eigenvalue weighted by molar-refractivity contribution is 0.263. The molecular formula is C13H20N6O. The lowest BCUT2D eigenvalue weighted by Gasteiger charge is -2.12. The minimum Gasteiger partial charge on any atom is -0.476 e. The van der Waals surface area contributed by atoms with E-state index in [1.807, 2.05) is 12.3 Å². The molecule has 0 fully saturated rings. The predicted octanol–water partition coefficient (Wildman–Crippen LogP) is 1.40. The van der Waals surface area contributed by atoms with E-state index in [9.17, 15) is 0 Å². The number of nitrogen functional groups attached to an aromatic ring is 1. The van der Waals surface area contributed by atoms with Gasteiger partial charge in [0.25, 0.3) is 0 Å². The lowest BCUT2D eigenvalue weighted by atomic mass is 10.2. The van der Waals surface area contributed by atoms with Crippen molar-refractivity contribution in [3.63, 3.8) is 0 Å². The van der Waals surface area contributed by atoms with E-state index in [4.69, 9.17) is 10.5 Å². The highest BCUT2D eigenvalue weighted by Gasteiger charge is 2.05. The highest BCUT2D eigenvalue weighted by atomic mass is 16.5. The van der Waals surface area contributed by atoms with Crippen molar-refractivity contribution < 1.29 is 4.74 Å². The van der Waals surface area contributed by atoms with Crippen LogP contribution in [0.15, 0.2) is 24.5 Å². The summed E-state index contributed by atoms with van der Waals surface area (Å²) in [6.07, 6.45) is 3.47. The van der Waals surface area contributed by atoms with Gasteiger partial charge in [-0.3, -0.25) is 4.68 Å². The van der Waals surface area contributed by atoms with Crippen LogP contribution in [0.4, 0.5) is 11.5 Å². The van der Waals surface area contributed by atoms with E-state index in [0.717, 1.165) is 5.82 Å². The number of aromatic nitrogens is 4. The summed E-state index contributed by atoms with van der Waals surface area (Å²) in [7, 11) is 0. The van der Waals surface area contributed by atoms with Gasteiger partial charge in [0, 0.05) is 12.7 Å². The number of nitrogens with one attached hydrogen (secondary N) is 1. The SMILES string of the molecule is CC(C)COc1nc(NCCn2ccnn2)ccc1N. The van der Waals surface area contributed by atoms with Crippen LogP contribution in [0.1, 0.15) is 13.8 Å². The molecule has 3 N–H and O–H groups in total. The molecule has 0 aliphatic carbocycles. The summed E-state index contributed by atoms with van der Waals surface area (Å²) in [5.41, 5.74) is 6.39. The first-order valence-corrected chi connectivity index (χ1v) is 6.62. The number of pyridine rings is 1. The standard InChI is InChI=1S/C13H20N6O/c1-10(2)9-20-13-11(14)3-4-12(17-13)15-5-7-19-8-6-16-18-19/h3-4,6,8,10H,5,7,9,14H2,1-2H3,(H,15,17). The molecule has 0 radical (unpaired) electrons. The van der Waals surface area contributed by atoms with Crippen molar-refractivity contribution in [3.8, 4) is 5.88 Å². The first kappa shape index (κ1) is 14.1. The van der Waals surface area contributed by atoms with Crippen LogP contribution in [0.25, 0.3) is 0 Å². The van der Waals surface area contributed by atoms with Gasteiger partial charge in [0.15, 0.2) is 0 Å². The van der Waals surface area contributed by atoms with Gasteiger partial charge in [-0.15, -0.1) is 5.10 Å². The highest BCUT2D eigenvalue weighted by molar-refractivity contribution is 5.53. The van der Waals surface area contributed by atoms with E-state index in [0.29, 0.717) is 37.2 Å². The van der Waals surface area contributed by atoms with Gasteiger partial charge < -0.3 is 15.8 Å². The second-order valence-corrected chi connectivity index (χ2v) is 4.89. The first-order valence-electron chi connectivity index (χ1n) is 6.62. The Morgan fingerprint density at radius 2 is 2.25 bits per heavy atom. The summed E-state index contributed by atoms with van der Waals surface area (Å²) >= 11 is 0. The maximum Gasteiger partial charge on any atom is 0.239 e. The van der Waals surface area contributed by atoms with E-state index < -0.39 is 0 Å². The molecule has 0 aliphatic rings. The number of nitrogens with two attached hydrogens (primary N) is 1. The molecule has 0 atom stereocenters. The zero-order valence-electron chi connectivity index (χ0n) is 11.8. The Morgan fingerprint density at radius 1 is 1.40 bits per heavy atom. The summed E-state index contributed by atoms with van der Waals surface area (Å²) in [6.45, 7) is 6.17. The van der Waals surface area contributed by atoms with Crippen molar-refractivity contribution in [3.05, 3.63) is 24.5 Å². The molecule has 7 heteroatoms. The molecular weight excluding hydrogens is 256 g/mol. The Balaban J connectivity index is 1.89. The number of hydrogen-bond donors (Lipinski definition) is 2.